The molecule has 1 rings (SSSR count). The van der Waals surface area contributed by atoms with Crippen LogP contribution in [0.15, 0.2) is 24.5 Å². The molecule has 82 valence electrons. The maximum absolute atomic E-state index is 11.4. The average Bonchev–Trinajstić information content (AvgIpc) is 2.19. The number of carbonyl (C=O) groups is 1. The quantitative estimate of drug-likeness (QED) is 0.691. The van der Waals surface area contributed by atoms with Crippen LogP contribution in [0, 0.1) is 0 Å². The van der Waals surface area contributed by atoms with E-state index < -0.39 is 0 Å². The number of pyridine rings is 1. The number of aromatic nitrogens is 1. The van der Waals surface area contributed by atoms with Gasteiger partial charge in [-0.05, 0) is 25.5 Å². The van der Waals surface area contributed by atoms with E-state index in [1.54, 1.807) is 24.5 Å². The van der Waals surface area contributed by atoms with Gasteiger partial charge in [0.1, 0.15) is 0 Å². The number of hydrogen-bond donors (Lipinski definition) is 3. The van der Waals surface area contributed by atoms with Gasteiger partial charge in [-0.25, -0.2) is 4.79 Å². The molecule has 0 spiro atoms. The Kier molecular flexibility index (Phi) is 4.56. The molecule has 0 aromatic carbocycles. The monoisotopic (exact) mass is 209 g/mol. The zero-order chi connectivity index (χ0) is 11.1. The van der Waals surface area contributed by atoms with Gasteiger partial charge in [-0.2, -0.15) is 0 Å². The highest BCUT2D eigenvalue weighted by Crippen LogP contribution is 2.02. The number of carbonyl (C=O) groups excluding carboxylic acids is 1. The largest absolute Gasteiger partial charge is 0.396 e. The lowest BCUT2D eigenvalue weighted by atomic mass is 10.2. The van der Waals surface area contributed by atoms with Crippen LogP contribution in [-0.4, -0.2) is 28.8 Å². The minimum atomic E-state index is -0.276. The van der Waals surface area contributed by atoms with Crippen LogP contribution in [0.5, 0.6) is 0 Å². The Bertz CT molecular complexity index is 303. The molecule has 5 heteroatoms. The van der Waals surface area contributed by atoms with Crippen molar-refractivity contribution in [3.05, 3.63) is 24.5 Å². The number of nitrogens with one attached hydrogen (secondary N) is 2. The second-order valence-corrected chi connectivity index (χ2v) is 3.25. The third-order valence-corrected chi connectivity index (χ3v) is 1.88. The molecule has 0 saturated heterocycles. The summed E-state index contributed by atoms with van der Waals surface area (Å²) in [6, 6.07) is 3.09. The third-order valence-electron chi connectivity index (χ3n) is 1.88. The standard InChI is InChI=1S/C10H15N3O2/c1-8(4-7-14)12-10(15)13-9-2-5-11-6-3-9/h2-3,5-6,8,14H,4,7H2,1H3,(H2,11,12,13,15)/t8-/m1/s1. The van der Waals surface area contributed by atoms with Crippen LogP contribution in [-0.2, 0) is 0 Å². The number of hydrogen-bond acceptors (Lipinski definition) is 3. The summed E-state index contributed by atoms with van der Waals surface area (Å²) in [7, 11) is 0. The molecule has 0 saturated carbocycles. The topological polar surface area (TPSA) is 74.2 Å². The molecule has 2 amide bonds. The van der Waals surface area contributed by atoms with Crippen LogP contribution in [0.25, 0.3) is 0 Å². The van der Waals surface area contributed by atoms with Crippen molar-refractivity contribution in [2.45, 2.75) is 19.4 Å². The van der Waals surface area contributed by atoms with Gasteiger partial charge in [-0.1, -0.05) is 0 Å². The second-order valence-electron chi connectivity index (χ2n) is 3.25. The van der Waals surface area contributed by atoms with E-state index in [1.165, 1.54) is 0 Å². The predicted molar refractivity (Wildman–Crippen MR) is 57.6 cm³/mol. The summed E-state index contributed by atoms with van der Waals surface area (Å²) in [6.45, 7) is 1.90. The Hall–Kier alpha value is -1.62. The normalized spacial score (nSPS) is 11.9. The van der Waals surface area contributed by atoms with Crippen molar-refractivity contribution in [3.8, 4) is 0 Å². The third kappa shape index (κ3) is 4.42. The van der Waals surface area contributed by atoms with E-state index in [0.29, 0.717) is 12.1 Å². The molecule has 3 N–H and O–H groups in total. The van der Waals surface area contributed by atoms with E-state index in [1.807, 2.05) is 6.92 Å². The first-order valence-corrected chi connectivity index (χ1v) is 4.81. The lowest BCUT2D eigenvalue weighted by molar-refractivity contribution is 0.241. The zero-order valence-corrected chi connectivity index (χ0v) is 8.60. The van der Waals surface area contributed by atoms with E-state index in [4.69, 9.17) is 5.11 Å². The van der Waals surface area contributed by atoms with Gasteiger partial charge in [0, 0.05) is 30.7 Å². The predicted octanol–water partition coefficient (Wildman–Crippen LogP) is 0.974. The minimum Gasteiger partial charge on any atom is -0.396 e. The Morgan fingerprint density at radius 1 is 1.53 bits per heavy atom. The first-order valence-electron chi connectivity index (χ1n) is 4.81. The average molecular weight is 209 g/mol. The molecule has 1 aromatic heterocycles. The van der Waals surface area contributed by atoms with Gasteiger partial charge < -0.3 is 15.7 Å². The molecular weight excluding hydrogens is 194 g/mol. The van der Waals surface area contributed by atoms with Crippen molar-refractivity contribution < 1.29 is 9.90 Å². The Morgan fingerprint density at radius 2 is 2.20 bits per heavy atom. The highest BCUT2D eigenvalue weighted by Gasteiger charge is 2.05. The van der Waals surface area contributed by atoms with Crippen molar-refractivity contribution in [2.24, 2.45) is 0 Å². The molecule has 0 aliphatic carbocycles. The van der Waals surface area contributed by atoms with E-state index in [-0.39, 0.29) is 18.7 Å². The van der Waals surface area contributed by atoms with Crippen LogP contribution >= 0.6 is 0 Å². The molecule has 0 bridgehead atoms. The summed E-state index contributed by atoms with van der Waals surface area (Å²) in [6.07, 6.45) is 3.75. The van der Waals surface area contributed by atoms with E-state index >= 15 is 0 Å². The maximum atomic E-state index is 11.4. The van der Waals surface area contributed by atoms with Gasteiger partial charge >= 0.3 is 6.03 Å². The second kappa shape index (κ2) is 5.98. The molecular formula is C10H15N3O2. The minimum absolute atomic E-state index is 0.0446. The van der Waals surface area contributed by atoms with Crippen molar-refractivity contribution in [3.63, 3.8) is 0 Å². The fraction of sp³-hybridized carbons (Fsp3) is 0.400. The van der Waals surface area contributed by atoms with Crippen LogP contribution in [0.1, 0.15) is 13.3 Å². The van der Waals surface area contributed by atoms with Crippen molar-refractivity contribution in [1.29, 1.82) is 0 Å². The molecule has 0 fully saturated rings. The van der Waals surface area contributed by atoms with Crippen molar-refractivity contribution in [2.75, 3.05) is 11.9 Å². The zero-order valence-electron chi connectivity index (χ0n) is 8.60. The maximum Gasteiger partial charge on any atom is 0.319 e. The highest BCUT2D eigenvalue weighted by atomic mass is 16.3. The summed E-state index contributed by atoms with van der Waals surface area (Å²) < 4.78 is 0. The van der Waals surface area contributed by atoms with E-state index in [9.17, 15) is 4.79 Å². The molecule has 0 unspecified atom stereocenters. The van der Waals surface area contributed by atoms with Crippen LogP contribution < -0.4 is 10.6 Å². The number of rotatable bonds is 4. The van der Waals surface area contributed by atoms with E-state index in [0.717, 1.165) is 0 Å². The number of aliphatic hydroxyl groups is 1. The molecule has 1 heterocycles. The summed E-state index contributed by atoms with van der Waals surface area (Å²) >= 11 is 0. The van der Waals surface area contributed by atoms with Gasteiger partial charge in [0.15, 0.2) is 0 Å². The summed E-state index contributed by atoms with van der Waals surface area (Å²) in [5.74, 6) is 0. The van der Waals surface area contributed by atoms with Gasteiger partial charge in [0.25, 0.3) is 0 Å². The van der Waals surface area contributed by atoms with Gasteiger partial charge in [0.05, 0.1) is 0 Å². The molecule has 5 nitrogen and oxygen atoms in total. The highest BCUT2D eigenvalue weighted by molar-refractivity contribution is 5.89. The molecule has 0 aliphatic heterocycles. The Labute approximate surface area is 88.5 Å². The number of nitrogens with zero attached hydrogens (tertiary/aromatic N) is 1. The Morgan fingerprint density at radius 3 is 2.80 bits per heavy atom. The molecule has 0 aliphatic rings. The first-order chi connectivity index (χ1) is 7.22. The van der Waals surface area contributed by atoms with Crippen LogP contribution in [0.3, 0.4) is 0 Å². The molecule has 1 atom stereocenters. The summed E-state index contributed by atoms with van der Waals surface area (Å²) in [4.78, 5) is 15.2. The lowest BCUT2D eigenvalue weighted by Crippen LogP contribution is -2.36. The van der Waals surface area contributed by atoms with Gasteiger partial charge in [-0.15, -0.1) is 0 Å². The van der Waals surface area contributed by atoms with Gasteiger partial charge in [0.2, 0.25) is 0 Å². The smallest absolute Gasteiger partial charge is 0.319 e. The fourth-order valence-electron chi connectivity index (χ4n) is 1.09. The summed E-state index contributed by atoms with van der Waals surface area (Å²) in [5.41, 5.74) is 0.693. The number of aliphatic hydroxyl groups excluding tert-OH is 1. The molecule has 0 radical (unpaired) electrons. The number of anilines is 1. The van der Waals surface area contributed by atoms with E-state index in [2.05, 4.69) is 15.6 Å². The SMILES string of the molecule is C[C@H](CCO)NC(=O)Nc1ccncc1. The summed E-state index contributed by atoms with van der Waals surface area (Å²) in [5, 5.41) is 14.0. The Balaban J connectivity index is 2.36. The number of urea groups is 1. The molecule has 15 heavy (non-hydrogen) atoms. The van der Waals surface area contributed by atoms with Crippen LogP contribution in [0.2, 0.25) is 0 Å². The fourth-order valence-corrected chi connectivity index (χ4v) is 1.09. The lowest BCUT2D eigenvalue weighted by Gasteiger charge is -2.13. The van der Waals surface area contributed by atoms with Crippen molar-refractivity contribution in [1.82, 2.24) is 10.3 Å². The van der Waals surface area contributed by atoms with Crippen molar-refractivity contribution >= 4 is 11.7 Å². The first kappa shape index (κ1) is 11.5. The van der Waals surface area contributed by atoms with Crippen LogP contribution in [0.4, 0.5) is 10.5 Å². The molecule has 1 aromatic rings. The number of amides is 2. The van der Waals surface area contributed by atoms with Gasteiger partial charge in [-0.3, -0.25) is 4.98 Å².